The number of hydrogen-bond donors (Lipinski definition) is 2. The highest BCUT2D eigenvalue weighted by atomic mass is 16.5. The smallest absolute Gasteiger partial charge is 0.326 e. The van der Waals surface area contributed by atoms with E-state index < -0.39 is 24.0 Å². The van der Waals surface area contributed by atoms with Crippen molar-refractivity contribution >= 4 is 11.9 Å². The van der Waals surface area contributed by atoms with Crippen LogP contribution >= 0.6 is 0 Å². The van der Waals surface area contributed by atoms with Crippen molar-refractivity contribution in [1.82, 2.24) is 5.32 Å². The average Bonchev–Trinajstić information content (AvgIpc) is 2.38. The fourth-order valence-corrected chi connectivity index (χ4v) is 1.74. The molecule has 0 aromatic heterocycles. The normalized spacial score (nSPS) is 13.6. The third kappa shape index (κ3) is 5.30. The van der Waals surface area contributed by atoms with Crippen LogP contribution in [0.25, 0.3) is 0 Å². The first-order valence-electron chi connectivity index (χ1n) is 6.65. The second-order valence-electron chi connectivity index (χ2n) is 5.10. The molecule has 0 aliphatic heterocycles. The van der Waals surface area contributed by atoms with E-state index in [0.717, 1.165) is 0 Å². The Morgan fingerprint density at radius 2 is 1.80 bits per heavy atom. The molecule has 0 aliphatic rings. The van der Waals surface area contributed by atoms with Gasteiger partial charge in [0.2, 0.25) is 0 Å². The molecule has 1 aromatic carbocycles. The summed E-state index contributed by atoms with van der Waals surface area (Å²) in [6.45, 7) is 5.41. The van der Waals surface area contributed by atoms with E-state index in [4.69, 9.17) is 9.84 Å². The predicted molar refractivity (Wildman–Crippen MR) is 75.6 cm³/mol. The van der Waals surface area contributed by atoms with Crippen molar-refractivity contribution in [3.05, 3.63) is 30.3 Å². The van der Waals surface area contributed by atoms with Gasteiger partial charge in [0.25, 0.3) is 5.91 Å². The van der Waals surface area contributed by atoms with Crippen LogP contribution < -0.4 is 10.1 Å². The summed E-state index contributed by atoms with van der Waals surface area (Å²) in [5.41, 5.74) is 0. The molecular formula is C15H21NO4. The molecule has 5 nitrogen and oxygen atoms in total. The molecule has 1 rings (SSSR count). The minimum absolute atomic E-state index is 0.182. The molecule has 110 valence electrons. The number of carbonyl (C=O) groups is 2. The van der Waals surface area contributed by atoms with Gasteiger partial charge in [0, 0.05) is 0 Å². The van der Waals surface area contributed by atoms with Crippen LogP contribution in [0.1, 0.15) is 27.2 Å². The highest BCUT2D eigenvalue weighted by Crippen LogP contribution is 2.11. The minimum Gasteiger partial charge on any atom is -0.481 e. The molecule has 5 heteroatoms. The van der Waals surface area contributed by atoms with Crippen molar-refractivity contribution in [2.45, 2.75) is 39.3 Å². The first-order chi connectivity index (χ1) is 9.40. The Hall–Kier alpha value is -2.04. The number of aliphatic carboxylic acids is 1. The number of rotatable bonds is 7. The molecule has 0 heterocycles. The van der Waals surface area contributed by atoms with Gasteiger partial charge in [-0.25, -0.2) is 4.79 Å². The highest BCUT2D eigenvalue weighted by Gasteiger charge is 2.24. The Morgan fingerprint density at radius 3 is 2.30 bits per heavy atom. The van der Waals surface area contributed by atoms with Crippen LogP contribution in [0.2, 0.25) is 0 Å². The number of hydrogen-bond acceptors (Lipinski definition) is 3. The molecule has 0 aliphatic carbocycles. The van der Waals surface area contributed by atoms with Gasteiger partial charge in [0.05, 0.1) is 0 Å². The molecule has 0 saturated carbocycles. The molecule has 2 atom stereocenters. The average molecular weight is 279 g/mol. The highest BCUT2D eigenvalue weighted by molar-refractivity contribution is 5.86. The van der Waals surface area contributed by atoms with Gasteiger partial charge < -0.3 is 15.2 Å². The van der Waals surface area contributed by atoms with Crippen molar-refractivity contribution < 1.29 is 19.4 Å². The monoisotopic (exact) mass is 279 g/mol. The molecular weight excluding hydrogens is 258 g/mol. The van der Waals surface area contributed by atoms with Gasteiger partial charge >= 0.3 is 5.97 Å². The lowest BCUT2D eigenvalue weighted by Gasteiger charge is -2.20. The quantitative estimate of drug-likeness (QED) is 0.801. The maximum atomic E-state index is 11.9. The molecule has 0 saturated heterocycles. The summed E-state index contributed by atoms with van der Waals surface area (Å²) in [6.07, 6.45) is -0.356. The van der Waals surface area contributed by atoms with Gasteiger partial charge in [-0.15, -0.1) is 0 Å². The van der Waals surface area contributed by atoms with Crippen LogP contribution in [0.5, 0.6) is 5.75 Å². The second-order valence-corrected chi connectivity index (χ2v) is 5.10. The third-order valence-electron chi connectivity index (χ3n) is 2.75. The molecule has 1 aromatic rings. The first-order valence-corrected chi connectivity index (χ1v) is 6.65. The van der Waals surface area contributed by atoms with Gasteiger partial charge in [0.15, 0.2) is 6.10 Å². The largest absolute Gasteiger partial charge is 0.481 e. The third-order valence-corrected chi connectivity index (χ3v) is 2.75. The van der Waals surface area contributed by atoms with Crippen molar-refractivity contribution in [3.8, 4) is 5.75 Å². The Labute approximate surface area is 118 Å². The summed E-state index contributed by atoms with van der Waals surface area (Å²) in [4.78, 5) is 23.0. The molecule has 1 amide bonds. The SMILES string of the molecule is CC(C)CC(NC(=O)C(C)Oc1ccccc1)C(=O)O. The zero-order chi connectivity index (χ0) is 15.1. The van der Waals surface area contributed by atoms with Gasteiger partial charge in [-0.2, -0.15) is 0 Å². The Morgan fingerprint density at radius 1 is 1.20 bits per heavy atom. The minimum atomic E-state index is -1.03. The number of carboxylic acids is 1. The summed E-state index contributed by atoms with van der Waals surface area (Å²) < 4.78 is 5.46. The maximum absolute atomic E-state index is 11.9. The summed E-state index contributed by atoms with van der Waals surface area (Å²) in [7, 11) is 0. The van der Waals surface area contributed by atoms with E-state index in [9.17, 15) is 9.59 Å². The van der Waals surface area contributed by atoms with Crippen LogP contribution in [0.4, 0.5) is 0 Å². The molecule has 0 bridgehead atoms. The molecule has 2 N–H and O–H groups in total. The van der Waals surface area contributed by atoms with E-state index in [-0.39, 0.29) is 5.92 Å². The van der Waals surface area contributed by atoms with Gasteiger partial charge in [-0.1, -0.05) is 32.0 Å². The summed E-state index contributed by atoms with van der Waals surface area (Å²) in [5, 5.41) is 11.6. The number of carboxylic acid groups (broad SMARTS) is 1. The summed E-state index contributed by atoms with van der Waals surface area (Å²) in [6, 6.07) is 8.06. The van der Waals surface area contributed by atoms with E-state index in [1.165, 1.54) is 0 Å². The van der Waals surface area contributed by atoms with Crippen molar-refractivity contribution in [3.63, 3.8) is 0 Å². The number of amides is 1. The Kier molecular flexibility index (Phi) is 6.03. The number of carbonyl (C=O) groups excluding carboxylic acids is 1. The van der Waals surface area contributed by atoms with E-state index in [0.29, 0.717) is 12.2 Å². The zero-order valence-electron chi connectivity index (χ0n) is 12.0. The molecule has 20 heavy (non-hydrogen) atoms. The molecule has 2 unspecified atom stereocenters. The van der Waals surface area contributed by atoms with Gasteiger partial charge in [0.1, 0.15) is 11.8 Å². The second kappa shape index (κ2) is 7.53. The van der Waals surface area contributed by atoms with Crippen LogP contribution in [0, 0.1) is 5.92 Å². The van der Waals surface area contributed by atoms with E-state index in [1.807, 2.05) is 19.9 Å². The maximum Gasteiger partial charge on any atom is 0.326 e. The lowest BCUT2D eigenvalue weighted by atomic mass is 10.0. The lowest BCUT2D eigenvalue weighted by molar-refractivity contribution is -0.143. The lowest BCUT2D eigenvalue weighted by Crippen LogP contribution is -2.46. The van der Waals surface area contributed by atoms with Crippen LogP contribution in [0.3, 0.4) is 0 Å². The summed E-state index contributed by atoms with van der Waals surface area (Å²) in [5.74, 6) is -0.700. The predicted octanol–water partition coefficient (Wildman–Crippen LogP) is 2.07. The van der Waals surface area contributed by atoms with Gasteiger partial charge in [-0.05, 0) is 31.4 Å². The van der Waals surface area contributed by atoms with Gasteiger partial charge in [-0.3, -0.25) is 4.79 Å². The fourth-order valence-electron chi connectivity index (χ4n) is 1.74. The summed E-state index contributed by atoms with van der Waals surface area (Å²) >= 11 is 0. The van der Waals surface area contributed by atoms with Crippen molar-refractivity contribution in [2.24, 2.45) is 5.92 Å². The van der Waals surface area contributed by atoms with E-state index >= 15 is 0 Å². The standard InChI is InChI=1S/C15H21NO4/c1-10(2)9-13(15(18)19)16-14(17)11(3)20-12-7-5-4-6-8-12/h4-8,10-11,13H,9H2,1-3H3,(H,16,17)(H,18,19). The molecule has 0 spiro atoms. The topological polar surface area (TPSA) is 75.6 Å². The number of para-hydroxylation sites is 1. The fraction of sp³-hybridized carbons (Fsp3) is 0.467. The van der Waals surface area contributed by atoms with Crippen molar-refractivity contribution in [2.75, 3.05) is 0 Å². The van der Waals surface area contributed by atoms with Crippen molar-refractivity contribution in [1.29, 1.82) is 0 Å². The first kappa shape index (κ1) is 16.0. The Balaban J connectivity index is 2.57. The zero-order valence-corrected chi connectivity index (χ0v) is 12.0. The van der Waals surface area contributed by atoms with Crippen LogP contribution in [-0.4, -0.2) is 29.1 Å². The van der Waals surface area contributed by atoms with E-state index in [1.54, 1.807) is 31.2 Å². The van der Waals surface area contributed by atoms with E-state index in [2.05, 4.69) is 5.32 Å². The van der Waals surface area contributed by atoms with Crippen LogP contribution in [-0.2, 0) is 9.59 Å². The number of benzene rings is 1. The molecule has 0 fully saturated rings. The number of nitrogens with one attached hydrogen (secondary N) is 1. The Bertz CT molecular complexity index is 444. The molecule has 0 radical (unpaired) electrons. The van der Waals surface area contributed by atoms with Crippen LogP contribution in [0.15, 0.2) is 30.3 Å². The number of ether oxygens (including phenoxy) is 1.